The molecule has 5 heteroatoms. The number of carbonyl (C=O) groups is 2. The molecule has 0 radical (unpaired) electrons. The minimum Gasteiger partial charge on any atom is -0.396 e. The Bertz CT molecular complexity index is 204. The van der Waals surface area contributed by atoms with Crippen molar-refractivity contribution < 1.29 is 14.7 Å². The van der Waals surface area contributed by atoms with E-state index in [1.54, 1.807) is 6.92 Å². The van der Waals surface area contributed by atoms with Crippen LogP contribution in [0.3, 0.4) is 0 Å². The molecule has 0 aliphatic carbocycles. The van der Waals surface area contributed by atoms with E-state index in [1.165, 1.54) is 0 Å². The fraction of sp³-hybridized carbons (Fsp3) is 0.667. The standard InChI is InChI=1S/C6H10N2O3/c1-6(2-3-9)4(10)7-5(11)8-6/h9H,2-3H2,1H3,(H2,7,8,10,11)/t6-/m1/s1. The summed E-state index contributed by atoms with van der Waals surface area (Å²) in [6, 6.07) is -0.494. The first-order valence-electron chi connectivity index (χ1n) is 3.33. The zero-order chi connectivity index (χ0) is 8.48. The molecule has 1 rings (SSSR count). The number of aliphatic hydroxyl groups excluding tert-OH is 1. The number of hydrogen-bond donors (Lipinski definition) is 3. The number of carbonyl (C=O) groups excluding carboxylic acids is 2. The monoisotopic (exact) mass is 158 g/mol. The molecule has 0 aromatic rings. The van der Waals surface area contributed by atoms with E-state index in [-0.39, 0.29) is 18.9 Å². The fourth-order valence-electron chi connectivity index (χ4n) is 0.979. The highest BCUT2D eigenvalue weighted by atomic mass is 16.3. The Labute approximate surface area is 63.8 Å². The lowest BCUT2D eigenvalue weighted by Gasteiger charge is -2.18. The van der Waals surface area contributed by atoms with Crippen molar-refractivity contribution in [1.29, 1.82) is 0 Å². The molecule has 0 bridgehead atoms. The normalized spacial score (nSPS) is 30.0. The molecule has 0 aromatic heterocycles. The predicted molar refractivity (Wildman–Crippen MR) is 36.8 cm³/mol. The predicted octanol–water partition coefficient (Wildman–Crippen LogP) is -1.03. The lowest BCUT2D eigenvalue weighted by molar-refractivity contribution is -0.123. The molecule has 11 heavy (non-hydrogen) atoms. The van der Waals surface area contributed by atoms with Gasteiger partial charge in [0.05, 0.1) is 0 Å². The minimum atomic E-state index is -0.925. The van der Waals surface area contributed by atoms with Crippen molar-refractivity contribution in [2.24, 2.45) is 0 Å². The van der Waals surface area contributed by atoms with Gasteiger partial charge in [-0.05, 0) is 6.92 Å². The maximum absolute atomic E-state index is 11.0. The maximum atomic E-state index is 11.0. The zero-order valence-corrected chi connectivity index (χ0v) is 6.18. The second-order valence-corrected chi connectivity index (χ2v) is 2.71. The van der Waals surface area contributed by atoms with Crippen molar-refractivity contribution in [2.75, 3.05) is 6.61 Å². The highest BCUT2D eigenvalue weighted by Crippen LogP contribution is 2.12. The largest absolute Gasteiger partial charge is 0.396 e. The molecule has 3 amide bonds. The van der Waals surface area contributed by atoms with Crippen molar-refractivity contribution in [1.82, 2.24) is 10.6 Å². The number of aliphatic hydroxyl groups is 1. The molecule has 1 atom stereocenters. The highest BCUT2D eigenvalue weighted by molar-refractivity contribution is 6.06. The summed E-state index contributed by atoms with van der Waals surface area (Å²) < 4.78 is 0. The molecule has 0 spiro atoms. The first-order chi connectivity index (χ1) is 5.08. The smallest absolute Gasteiger partial charge is 0.322 e. The second kappa shape index (κ2) is 2.50. The van der Waals surface area contributed by atoms with Crippen molar-refractivity contribution >= 4 is 11.9 Å². The van der Waals surface area contributed by atoms with Crippen LogP contribution in [-0.4, -0.2) is 29.2 Å². The third-order valence-corrected chi connectivity index (χ3v) is 1.73. The van der Waals surface area contributed by atoms with E-state index in [4.69, 9.17) is 5.11 Å². The Hall–Kier alpha value is -1.10. The quantitative estimate of drug-likeness (QED) is 0.449. The molecule has 0 unspecified atom stereocenters. The van der Waals surface area contributed by atoms with Gasteiger partial charge in [0.2, 0.25) is 0 Å². The zero-order valence-electron chi connectivity index (χ0n) is 6.18. The van der Waals surface area contributed by atoms with Gasteiger partial charge < -0.3 is 10.4 Å². The number of urea groups is 1. The molecule has 5 nitrogen and oxygen atoms in total. The molecular weight excluding hydrogens is 148 g/mol. The minimum absolute atomic E-state index is 0.121. The van der Waals surface area contributed by atoms with Crippen LogP contribution in [0.2, 0.25) is 0 Å². The van der Waals surface area contributed by atoms with Gasteiger partial charge in [-0.3, -0.25) is 10.1 Å². The average Bonchev–Trinajstić information content (AvgIpc) is 2.08. The topological polar surface area (TPSA) is 78.4 Å². The number of rotatable bonds is 2. The third-order valence-electron chi connectivity index (χ3n) is 1.73. The van der Waals surface area contributed by atoms with E-state index in [9.17, 15) is 9.59 Å². The van der Waals surface area contributed by atoms with Crippen LogP contribution in [0.5, 0.6) is 0 Å². The van der Waals surface area contributed by atoms with Crippen LogP contribution >= 0.6 is 0 Å². The van der Waals surface area contributed by atoms with Crippen LogP contribution in [0.15, 0.2) is 0 Å². The van der Waals surface area contributed by atoms with Gasteiger partial charge in [-0.15, -0.1) is 0 Å². The molecule has 1 aliphatic heterocycles. The Morgan fingerprint density at radius 2 is 2.18 bits per heavy atom. The maximum Gasteiger partial charge on any atom is 0.322 e. The van der Waals surface area contributed by atoms with Crippen LogP contribution in [0.1, 0.15) is 13.3 Å². The number of hydrogen-bond acceptors (Lipinski definition) is 3. The first-order valence-corrected chi connectivity index (χ1v) is 3.33. The fourth-order valence-corrected chi connectivity index (χ4v) is 0.979. The van der Waals surface area contributed by atoms with Crippen LogP contribution in [0.4, 0.5) is 4.79 Å². The Balaban J connectivity index is 2.70. The lowest BCUT2D eigenvalue weighted by atomic mass is 9.99. The van der Waals surface area contributed by atoms with Crippen LogP contribution in [-0.2, 0) is 4.79 Å². The van der Waals surface area contributed by atoms with Crippen molar-refractivity contribution in [3.05, 3.63) is 0 Å². The van der Waals surface area contributed by atoms with E-state index >= 15 is 0 Å². The second-order valence-electron chi connectivity index (χ2n) is 2.71. The van der Waals surface area contributed by atoms with Crippen molar-refractivity contribution in [3.8, 4) is 0 Å². The van der Waals surface area contributed by atoms with Crippen molar-refractivity contribution in [3.63, 3.8) is 0 Å². The number of imide groups is 1. The van der Waals surface area contributed by atoms with Gasteiger partial charge in [0.1, 0.15) is 5.54 Å². The van der Waals surface area contributed by atoms with Crippen LogP contribution in [0.25, 0.3) is 0 Å². The molecule has 1 saturated heterocycles. The summed E-state index contributed by atoms with van der Waals surface area (Å²) in [5.74, 6) is -0.378. The van der Waals surface area contributed by atoms with Gasteiger partial charge in [0, 0.05) is 13.0 Å². The third kappa shape index (κ3) is 1.32. The molecule has 1 heterocycles. The Morgan fingerprint density at radius 3 is 2.55 bits per heavy atom. The highest BCUT2D eigenvalue weighted by Gasteiger charge is 2.40. The van der Waals surface area contributed by atoms with E-state index in [0.29, 0.717) is 0 Å². The van der Waals surface area contributed by atoms with Gasteiger partial charge in [-0.1, -0.05) is 0 Å². The van der Waals surface area contributed by atoms with E-state index in [2.05, 4.69) is 10.6 Å². The summed E-state index contributed by atoms with van der Waals surface area (Å²) in [5.41, 5.74) is -0.925. The lowest BCUT2D eigenvalue weighted by Crippen LogP contribution is -2.44. The van der Waals surface area contributed by atoms with Gasteiger partial charge in [0.25, 0.3) is 5.91 Å². The van der Waals surface area contributed by atoms with E-state index < -0.39 is 11.6 Å². The SMILES string of the molecule is C[C@]1(CCO)NC(=O)NC1=O. The molecular formula is C6H10N2O3. The molecule has 3 N–H and O–H groups in total. The van der Waals surface area contributed by atoms with Crippen LogP contribution < -0.4 is 10.6 Å². The summed E-state index contributed by atoms with van der Waals surface area (Å²) in [6.45, 7) is 1.45. The molecule has 0 saturated carbocycles. The van der Waals surface area contributed by atoms with Gasteiger partial charge >= 0.3 is 6.03 Å². The molecule has 1 fully saturated rings. The Kier molecular flexibility index (Phi) is 1.82. The summed E-state index contributed by atoms with van der Waals surface area (Å²) in [7, 11) is 0. The summed E-state index contributed by atoms with van der Waals surface area (Å²) in [6.07, 6.45) is 0.241. The van der Waals surface area contributed by atoms with Gasteiger partial charge in [-0.25, -0.2) is 4.79 Å². The van der Waals surface area contributed by atoms with E-state index in [0.717, 1.165) is 0 Å². The summed E-state index contributed by atoms with van der Waals surface area (Å²) >= 11 is 0. The van der Waals surface area contributed by atoms with Crippen LogP contribution in [0, 0.1) is 0 Å². The van der Waals surface area contributed by atoms with E-state index in [1.807, 2.05) is 0 Å². The summed E-state index contributed by atoms with van der Waals surface area (Å²) in [5, 5.41) is 13.1. The van der Waals surface area contributed by atoms with Gasteiger partial charge in [-0.2, -0.15) is 0 Å². The average molecular weight is 158 g/mol. The first kappa shape index (κ1) is 8.00. The number of amides is 3. The molecule has 62 valence electrons. The Morgan fingerprint density at radius 1 is 1.55 bits per heavy atom. The van der Waals surface area contributed by atoms with Gasteiger partial charge in [0.15, 0.2) is 0 Å². The molecule has 0 aromatic carbocycles. The summed E-state index contributed by atoms with van der Waals surface area (Å²) in [4.78, 5) is 21.6. The molecule has 1 aliphatic rings. The number of nitrogens with one attached hydrogen (secondary N) is 2. The van der Waals surface area contributed by atoms with Crippen molar-refractivity contribution in [2.45, 2.75) is 18.9 Å².